The lowest BCUT2D eigenvalue weighted by molar-refractivity contribution is -0.142. The number of halogens is 4. The molecule has 0 radical (unpaired) electrons. The van der Waals surface area contributed by atoms with E-state index in [0.717, 1.165) is 6.07 Å². The van der Waals surface area contributed by atoms with Crippen LogP contribution in [0.3, 0.4) is 0 Å². The molecule has 2 N–H and O–H groups in total. The van der Waals surface area contributed by atoms with E-state index in [2.05, 4.69) is 15.5 Å². The number of nitrogens with two attached hydrogens (primary N) is 1. The molecule has 0 atom stereocenters. The summed E-state index contributed by atoms with van der Waals surface area (Å²) in [4.78, 5) is 0. The first-order chi connectivity index (χ1) is 8.37. The topological polar surface area (TPSA) is 69.6 Å². The number of benzene rings is 1. The van der Waals surface area contributed by atoms with Crippen LogP contribution in [0, 0.1) is 5.82 Å². The van der Waals surface area contributed by atoms with Crippen LogP contribution in [-0.4, -0.2) is 26.4 Å². The fourth-order valence-corrected chi connectivity index (χ4v) is 1.37. The van der Waals surface area contributed by atoms with Crippen LogP contribution >= 0.6 is 0 Å². The van der Waals surface area contributed by atoms with Gasteiger partial charge in [-0.05, 0) is 28.6 Å². The van der Waals surface area contributed by atoms with Gasteiger partial charge in [0.1, 0.15) is 12.4 Å². The zero-order valence-corrected chi connectivity index (χ0v) is 8.82. The van der Waals surface area contributed by atoms with Gasteiger partial charge >= 0.3 is 6.18 Å². The Morgan fingerprint density at radius 2 is 2.00 bits per heavy atom. The summed E-state index contributed by atoms with van der Waals surface area (Å²) < 4.78 is 50.3. The first-order valence-electron chi connectivity index (χ1n) is 4.75. The summed E-state index contributed by atoms with van der Waals surface area (Å²) >= 11 is 0. The minimum atomic E-state index is -4.45. The van der Waals surface area contributed by atoms with Crippen molar-refractivity contribution in [2.75, 3.05) is 5.73 Å². The van der Waals surface area contributed by atoms with Crippen LogP contribution in [0.15, 0.2) is 18.2 Å². The van der Waals surface area contributed by atoms with Gasteiger partial charge in [0.05, 0.1) is 5.69 Å². The monoisotopic (exact) mass is 261 g/mol. The lowest BCUT2D eigenvalue weighted by Gasteiger charge is -2.08. The zero-order chi connectivity index (χ0) is 13.3. The van der Waals surface area contributed by atoms with Gasteiger partial charge in [-0.25, -0.2) is 9.07 Å². The molecule has 18 heavy (non-hydrogen) atoms. The van der Waals surface area contributed by atoms with Crippen molar-refractivity contribution in [3.63, 3.8) is 0 Å². The number of hydrogen-bond donors (Lipinski definition) is 1. The summed E-state index contributed by atoms with van der Waals surface area (Å²) in [6.07, 6.45) is -4.45. The number of alkyl halides is 3. The number of nitrogen functional groups attached to an aromatic ring is 1. The second kappa shape index (κ2) is 4.24. The minimum Gasteiger partial charge on any atom is -0.396 e. The molecule has 0 unspecified atom stereocenters. The van der Waals surface area contributed by atoms with Crippen molar-refractivity contribution in [3.05, 3.63) is 24.0 Å². The zero-order valence-electron chi connectivity index (χ0n) is 8.82. The van der Waals surface area contributed by atoms with Crippen molar-refractivity contribution in [2.24, 2.45) is 0 Å². The second-order valence-electron chi connectivity index (χ2n) is 3.51. The van der Waals surface area contributed by atoms with Crippen LogP contribution < -0.4 is 5.73 Å². The number of aromatic nitrogens is 4. The van der Waals surface area contributed by atoms with E-state index < -0.39 is 18.5 Å². The van der Waals surface area contributed by atoms with Crippen LogP contribution in [0.5, 0.6) is 0 Å². The molecule has 0 aliphatic rings. The maximum absolute atomic E-state index is 12.9. The van der Waals surface area contributed by atoms with Crippen LogP contribution in [-0.2, 0) is 6.54 Å². The Balaban J connectivity index is 2.39. The van der Waals surface area contributed by atoms with Crippen LogP contribution in [0.2, 0.25) is 0 Å². The van der Waals surface area contributed by atoms with Gasteiger partial charge in [0.15, 0.2) is 5.82 Å². The third kappa shape index (κ3) is 2.55. The summed E-state index contributed by atoms with van der Waals surface area (Å²) in [5.41, 5.74) is 5.35. The first-order valence-corrected chi connectivity index (χ1v) is 4.75. The molecule has 0 amide bonds. The summed E-state index contributed by atoms with van der Waals surface area (Å²) in [7, 11) is 0. The summed E-state index contributed by atoms with van der Waals surface area (Å²) in [5, 5.41) is 9.86. The highest BCUT2D eigenvalue weighted by Gasteiger charge is 2.30. The van der Waals surface area contributed by atoms with Gasteiger partial charge in [0, 0.05) is 5.56 Å². The number of nitrogens with zero attached hydrogens (tertiary/aromatic N) is 4. The van der Waals surface area contributed by atoms with E-state index in [-0.39, 0.29) is 17.1 Å². The quantitative estimate of drug-likeness (QED) is 0.658. The molecule has 96 valence electrons. The smallest absolute Gasteiger partial charge is 0.396 e. The van der Waals surface area contributed by atoms with Crippen molar-refractivity contribution < 1.29 is 17.6 Å². The Bertz CT molecular complexity index is 562. The van der Waals surface area contributed by atoms with Gasteiger partial charge < -0.3 is 5.73 Å². The molecule has 2 aromatic rings. The first kappa shape index (κ1) is 12.3. The van der Waals surface area contributed by atoms with E-state index in [4.69, 9.17) is 5.73 Å². The van der Waals surface area contributed by atoms with Crippen molar-refractivity contribution in [3.8, 4) is 11.4 Å². The Morgan fingerprint density at radius 1 is 1.28 bits per heavy atom. The lowest BCUT2D eigenvalue weighted by atomic mass is 10.2. The Labute approximate surface area is 98.2 Å². The van der Waals surface area contributed by atoms with Crippen LogP contribution in [0.4, 0.5) is 23.2 Å². The van der Waals surface area contributed by atoms with Crippen LogP contribution in [0.25, 0.3) is 11.4 Å². The molecule has 0 bridgehead atoms. The van der Waals surface area contributed by atoms with E-state index in [1.54, 1.807) is 0 Å². The van der Waals surface area contributed by atoms with Gasteiger partial charge in [-0.15, -0.1) is 5.10 Å². The Morgan fingerprint density at radius 3 is 2.61 bits per heavy atom. The molecule has 0 aliphatic heterocycles. The third-order valence-electron chi connectivity index (χ3n) is 2.12. The molecule has 0 spiro atoms. The SMILES string of the molecule is Nc1cc(-c2nnnn2CC(F)(F)F)ccc1F. The molecular weight excluding hydrogens is 254 g/mol. The molecule has 1 aromatic heterocycles. The van der Waals surface area contributed by atoms with E-state index in [9.17, 15) is 17.6 Å². The van der Waals surface area contributed by atoms with E-state index in [1.807, 2.05) is 0 Å². The fraction of sp³-hybridized carbons (Fsp3) is 0.222. The number of tetrazole rings is 1. The molecule has 1 heterocycles. The predicted octanol–water partition coefficient (Wildman–Crippen LogP) is 1.62. The van der Waals surface area contributed by atoms with Crippen molar-refractivity contribution in [1.82, 2.24) is 20.2 Å². The molecule has 5 nitrogen and oxygen atoms in total. The number of rotatable bonds is 2. The second-order valence-corrected chi connectivity index (χ2v) is 3.51. The van der Waals surface area contributed by atoms with Crippen molar-refractivity contribution in [1.29, 1.82) is 0 Å². The van der Waals surface area contributed by atoms with Gasteiger partial charge in [0.25, 0.3) is 0 Å². The molecule has 0 aliphatic carbocycles. The lowest BCUT2D eigenvalue weighted by Crippen LogP contribution is -2.19. The van der Waals surface area contributed by atoms with Gasteiger partial charge in [-0.1, -0.05) is 0 Å². The largest absolute Gasteiger partial charge is 0.408 e. The summed E-state index contributed by atoms with van der Waals surface area (Å²) in [5.74, 6) is -0.785. The highest BCUT2D eigenvalue weighted by Crippen LogP contribution is 2.24. The minimum absolute atomic E-state index is 0.126. The maximum Gasteiger partial charge on any atom is 0.408 e. The maximum atomic E-state index is 12.9. The molecule has 0 saturated heterocycles. The molecule has 0 fully saturated rings. The fourth-order valence-electron chi connectivity index (χ4n) is 1.37. The van der Waals surface area contributed by atoms with E-state index >= 15 is 0 Å². The molecule has 2 rings (SSSR count). The molecule has 0 saturated carbocycles. The normalized spacial score (nSPS) is 11.8. The average Bonchev–Trinajstić information content (AvgIpc) is 2.67. The Kier molecular flexibility index (Phi) is 2.89. The average molecular weight is 261 g/mol. The van der Waals surface area contributed by atoms with Gasteiger partial charge in [-0.2, -0.15) is 13.2 Å². The van der Waals surface area contributed by atoms with Gasteiger partial charge in [-0.3, -0.25) is 0 Å². The van der Waals surface area contributed by atoms with E-state index in [0.29, 0.717) is 4.68 Å². The highest BCUT2D eigenvalue weighted by atomic mass is 19.4. The Hall–Kier alpha value is -2.19. The molecular formula is C9H7F4N5. The van der Waals surface area contributed by atoms with E-state index in [1.165, 1.54) is 12.1 Å². The van der Waals surface area contributed by atoms with Crippen LogP contribution in [0.1, 0.15) is 0 Å². The third-order valence-corrected chi connectivity index (χ3v) is 2.12. The van der Waals surface area contributed by atoms with Crippen molar-refractivity contribution >= 4 is 5.69 Å². The van der Waals surface area contributed by atoms with Crippen molar-refractivity contribution in [2.45, 2.75) is 12.7 Å². The highest BCUT2D eigenvalue weighted by molar-refractivity contribution is 5.61. The number of anilines is 1. The standard InChI is InChI=1S/C9H7F4N5/c10-6-2-1-5(3-7(6)14)8-15-16-17-18(8)4-9(11,12)13/h1-3H,4,14H2. The van der Waals surface area contributed by atoms with Gasteiger partial charge in [0.2, 0.25) is 0 Å². The number of hydrogen-bond acceptors (Lipinski definition) is 4. The molecule has 9 heteroatoms. The molecule has 1 aromatic carbocycles. The summed E-state index contributed by atoms with van der Waals surface area (Å²) in [6, 6.07) is 3.47. The predicted molar refractivity (Wildman–Crippen MR) is 53.7 cm³/mol. The summed E-state index contributed by atoms with van der Waals surface area (Å²) in [6.45, 7) is -1.33.